The monoisotopic (exact) mass is 224 g/mol. The Morgan fingerprint density at radius 1 is 1.00 bits per heavy atom. The minimum atomic E-state index is 0.944. The molecule has 0 bridgehead atoms. The van der Waals surface area contributed by atoms with Crippen LogP contribution in [0, 0.1) is 12.3 Å². The fraction of sp³-hybridized carbons (Fsp3) is 0.0667. The molecule has 0 heterocycles. The van der Waals surface area contributed by atoms with Gasteiger partial charge in [-0.1, -0.05) is 36.3 Å². The normalized spacial score (nSPS) is 9.75. The van der Waals surface area contributed by atoms with Crippen LogP contribution in [0.4, 0.5) is 0 Å². The second kappa shape index (κ2) is 4.92. The van der Waals surface area contributed by atoms with Crippen LogP contribution in [0.15, 0.2) is 53.4 Å². The lowest BCUT2D eigenvalue weighted by atomic mass is 10.0. The molecule has 0 aliphatic carbocycles. The molecular formula is C15H12S. The van der Waals surface area contributed by atoms with Gasteiger partial charge in [0.05, 0.1) is 0 Å². The van der Waals surface area contributed by atoms with Crippen molar-refractivity contribution in [1.82, 2.24) is 0 Å². The zero-order valence-corrected chi connectivity index (χ0v) is 9.92. The first-order chi connectivity index (χ1) is 7.85. The highest BCUT2D eigenvalue weighted by atomic mass is 32.2. The summed E-state index contributed by atoms with van der Waals surface area (Å²) in [6.45, 7) is 0. The Morgan fingerprint density at radius 3 is 2.31 bits per heavy atom. The van der Waals surface area contributed by atoms with E-state index >= 15 is 0 Å². The van der Waals surface area contributed by atoms with E-state index in [0.29, 0.717) is 0 Å². The summed E-state index contributed by atoms with van der Waals surface area (Å²) in [5.41, 5.74) is 3.24. The molecule has 2 aromatic carbocycles. The van der Waals surface area contributed by atoms with Gasteiger partial charge in [0, 0.05) is 10.5 Å². The van der Waals surface area contributed by atoms with Crippen molar-refractivity contribution >= 4 is 11.8 Å². The second-order valence-corrected chi connectivity index (χ2v) is 4.30. The summed E-state index contributed by atoms with van der Waals surface area (Å²) < 4.78 is 0. The van der Waals surface area contributed by atoms with Crippen LogP contribution in [0.3, 0.4) is 0 Å². The van der Waals surface area contributed by atoms with Gasteiger partial charge in [-0.25, -0.2) is 0 Å². The van der Waals surface area contributed by atoms with Crippen LogP contribution in [-0.4, -0.2) is 6.26 Å². The molecule has 78 valence electrons. The van der Waals surface area contributed by atoms with E-state index in [0.717, 1.165) is 11.1 Å². The number of terminal acetylenes is 1. The van der Waals surface area contributed by atoms with Crippen molar-refractivity contribution in [1.29, 1.82) is 0 Å². The number of hydrogen-bond acceptors (Lipinski definition) is 1. The SMILES string of the molecule is C#Cc1ccccc1-c1ccc(SC)cc1. The molecule has 0 N–H and O–H groups in total. The molecule has 16 heavy (non-hydrogen) atoms. The molecule has 2 aromatic rings. The van der Waals surface area contributed by atoms with Crippen LogP contribution >= 0.6 is 11.8 Å². The number of rotatable bonds is 2. The Kier molecular flexibility index (Phi) is 3.34. The van der Waals surface area contributed by atoms with Crippen molar-refractivity contribution < 1.29 is 0 Å². The van der Waals surface area contributed by atoms with E-state index in [4.69, 9.17) is 6.42 Å². The number of hydrogen-bond donors (Lipinski definition) is 0. The zero-order valence-electron chi connectivity index (χ0n) is 9.10. The second-order valence-electron chi connectivity index (χ2n) is 3.42. The van der Waals surface area contributed by atoms with Gasteiger partial charge in [0.25, 0.3) is 0 Å². The largest absolute Gasteiger partial charge is 0.130 e. The molecule has 0 amide bonds. The lowest BCUT2D eigenvalue weighted by Gasteiger charge is -2.05. The van der Waals surface area contributed by atoms with Gasteiger partial charge in [-0.3, -0.25) is 0 Å². The average Bonchev–Trinajstić information content (AvgIpc) is 2.39. The molecule has 0 spiro atoms. The molecule has 0 radical (unpaired) electrons. The van der Waals surface area contributed by atoms with E-state index in [1.807, 2.05) is 18.2 Å². The van der Waals surface area contributed by atoms with Gasteiger partial charge in [0.1, 0.15) is 0 Å². The maximum absolute atomic E-state index is 5.49. The molecule has 0 fully saturated rings. The summed E-state index contributed by atoms with van der Waals surface area (Å²) >= 11 is 1.74. The molecule has 0 nitrogen and oxygen atoms in total. The van der Waals surface area contributed by atoms with Crippen LogP contribution < -0.4 is 0 Å². The Bertz CT molecular complexity index is 518. The average molecular weight is 224 g/mol. The number of thioether (sulfide) groups is 1. The van der Waals surface area contributed by atoms with Crippen molar-refractivity contribution in [2.24, 2.45) is 0 Å². The van der Waals surface area contributed by atoms with Gasteiger partial charge >= 0.3 is 0 Å². The Labute approximate surface area is 101 Å². The molecule has 1 heteroatoms. The maximum Gasteiger partial charge on any atom is 0.0321 e. The first-order valence-electron chi connectivity index (χ1n) is 5.05. The standard InChI is InChI=1S/C15H12S/c1-3-12-6-4-5-7-15(12)13-8-10-14(16-2)11-9-13/h1,4-11H,2H3. The highest BCUT2D eigenvalue weighted by Gasteiger charge is 2.01. The molecule has 0 aromatic heterocycles. The summed E-state index contributed by atoms with van der Waals surface area (Å²) in [6.07, 6.45) is 7.56. The molecular weight excluding hydrogens is 212 g/mol. The van der Waals surface area contributed by atoms with E-state index < -0.39 is 0 Å². The summed E-state index contributed by atoms with van der Waals surface area (Å²) in [5.74, 6) is 2.72. The zero-order chi connectivity index (χ0) is 11.4. The van der Waals surface area contributed by atoms with E-state index in [1.165, 1.54) is 10.5 Å². The van der Waals surface area contributed by atoms with Crippen LogP contribution in [0.25, 0.3) is 11.1 Å². The molecule has 0 saturated heterocycles. The molecule has 0 aliphatic rings. The molecule has 0 aliphatic heterocycles. The summed E-state index contributed by atoms with van der Waals surface area (Å²) in [6, 6.07) is 16.5. The van der Waals surface area contributed by atoms with Crippen molar-refractivity contribution in [3.63, 3.8) is 0 Å². The van der Waals surface area contributed by atoms with Gasteiger partial charge in [-0.2, -0.15) is 0 Å². The lowest BCUT2D eigenvalue weighted by Crippen LogP contribution is -1.83. The summed E-state index contributed by atoms with van der Waals surface area (Å²) in [5, 5.41) is 0. The van der Waals surface area contributed by atoms with Crippen LogP contribution in [0.5, 0.6) is 0 Å². The fourth-order valence-electron chi connectivity index (χ4n) is 1.63. The van der Waals surface area contributed by atoms with Gasteiger partial charge in [0.15, 0.2) is 0 Å². The van der Waals surface area contributed by atoms with E-state index in [2.05, 4.69) is 42.5 Å². The molecule has 0 saturated carbocycles. The third kappa shape index (κ3) is 2.13. The van der Waals surface area contributed by atoms with Crippen molar-refractivity contribution in [3.05, 3.63) is 54.1 Å². The predicted molar refractivity (Wildman–Crippen MR) is 71.6 cm³/mol. The lowest BCUT2D eigenvalue weighted by molar-refractivity contribution is 1.46. The minimum Gasteiger partial charge on any atom is -0.130 e. The van der Waals surface area contributed by atoms with Crippen molar-refractivity contribution in [2.45, 2.75) is 4.90 Å². The Hall–Kier alpha value is -1.65. The number of benzene rings is 2. The fourth-order valence-corrected chi connectivity index (χ4v) is 2.04. The van der Waals surface area contributed by atoms with E-state index in [1.54, 1.807) is 11.8 Å². The minimum absolute atomic E-state index is 0.944. The van der Waals surface area contributed by atoms with Crippen LogP contribution in [-0.2, 0) is 0 Å². The third-order valence-electron chi connectivity index (χ3n) is 2.48. The molecule has 0 unspecified atom stereocenters. The molecule has 2 rings (SSSR count). The molecule has 0 atom stereocenters. The van der Waals surface area contributed by atoms with Gasteiger partial charge < -0.3 is 0 Å². The highest BCUT2D eigenvalue weighted by Crippen LogP contribution is 2.25. The topological polar surface area (TPSA) is 0 Å². The van der Waals surface area contributed by atoms with E-state index in [9.17, 15) is 0 Å². The highest BCUT2D eigenvalue weighted by molar-refractivity contribution is 7.98. The van der Waals surface area contributed by atoms with Crippen LogP contribution in [0.1, 0.15) is 5.56 Å². The van der Waals surface area contributed by atoms with Crippen molar-refractivity contribution in [2.75, 3.05) is 6.26 Å². The Morgan fingerprint density at radius 2 is 1.69 bits per heavy atom. The predicted octanol–water partition coefficient (Wildman–Crippen LogP) is 4.06. The van der Waals surface area contributed by atoms with Gasteiger partial charge in [-0.05, 0) is 35.6 Å². The third-order valence-corrected chi connectivity index (χ3v) is 3.23. The van der Waals surface area contributed by atoms with Gasteiger partial charge in [0.2, 0.25) is 0 Å². The summed E-state index contributed by atoms with van der Waals surface area (Å²) in [7, 11) is 0. The van der Waals surface area contributed by atoms with E-state index in [-0.39, 0.29) is 0 Å². The first-order valence-corrected chi connectivity index (χ1v) is 6.27. The first kappa shape index (κ1) is 10.9. The van der Waals surface area contributed by atoms with Gasteiger partial charge in [-0.15, -0.1) is 18.2 Å². The van der Waals surface area contributed by atoms with Crippen molar-refractivity contribution in [3.8, 4) is 23.5 Å². The summed E-state index contributed by atoms with van der Waals surface area (Å²) in [4.78, 5) is 1.27. The van der Waals surface area contributed by atoms with Crippen LogP contribution in [0.2, 0.25) is 0 Å². The Balaban J connectivity index is 2.47. The quantitative estimate of drug-likeness (QED) is 0.547. The smallest absolute Gasteiger partial charge is 0.0321 e. The maximum atomic E-state index is 5.49.